The number of nitrogens with zero attached hydrogens (tertiary/aromatic N) is 1. The van der Waals surface area contributed by atoms with Crippen LogP contribution in [0.3, 0.4) is 0 Å². The molecule has 0 saturated carbocycles. The van der Waals surface area contributed by atoms with Crippen LogP contribution in [0.15, 0.2) is 30.5 Å². The van der Waals surface area contributed by atoms with Gasteiger partial charge in [0, 0.05) is 28.7 Å². The fourth-order valence-electron chi connectivity index (χ4n) is 1.68. The third-order valence-corrected chi connectivity index (χ3v) is 3.74. The summed E-state index contributed by atoms with van der Waals surface area (Å²) in [5.74, 6) is 0. The number of benzene rings is 1. The lowest BCUT2D eigenvalue weighted by Gasteiger charge is -2.00. The highest BCUT2D eigenvalue weighted by Crippen LogP contribution is 2.27. The summed E-state index contributed by atoms with van der Waals surface area (Å²) in [6.45, 7) is 3.91. The predicted molar refractivity (Wildman–Crippen MR) is 74.5 cm³/mol. The number of nitrogens with one attached hydrogen (secondary N) is 1. The van der Waals surface area contributed by atoms with Crippen LogP contribution in [0.4, 0.5) is 8.78 Å². The molecule has 1 heterocycles. The predicted octanol–water partition coefficient (Wildman–Crippen LogP) is 4.25. The van der Waals surface area contributed by atoms with Gasteiger partial charge >= 0.3 is 0 Å². The normalized spacial score (nSPS) is 11.2. The number of halogens is 2. The van der Waals surface area contributed by atoms with Crippen molar-refractivity contribution in [2.75, 3.05) is 6.54 Å². The first-order chi connectivity index (χ1) is 9.20. The summed E-state index contributed by atoms with van der Waals surface area (Å²) in [7, 11) is 0. The standard InChI is InChI=1S/C14H16F2N2S/c1-2-7-17-8-12-9-18-14(19-12)11-5-3-10(4-6-11)13(15)16/h3-6,9,13,17H,2,7-8H2,1H3. The summed E-state index contributed by atoms with van der Waals surface area (Å²) in [6, 6.07) is 6.31. The minimum atomic E-state index is -2.42. The van der Waals surface area contributed by atoms with Crippen LogP contribution in [0.25, 0.3) is 10.6 Å². The maximum atomic E-state index is 12.5. The van der Waals surface area contributed by atoms with Crippen molar-refractivity contribution in [1.82, 2.24) is 10.3 Å². The Kier molecular flexibility index (Phi) is 4.99. The van der Waals surface area contributed by atoms with Gasteiger partial charge in [-0.2, -0.15) is 0 Å². The smallest absolute Gasteiger partial charge is 0.263 e. The van der Waals surface area contributed by atoms with Gasteiger partial charge < -0.3 is 5.32 Å². The zero-order valence-electron chi connectivity index (χ0n) is 10.7. The second-order valence-electron chi connectivity index (χ2n) is 4.23. The molecule has 19 heavy (non-hydrogen) atoms. The van der Waals surface area contributed by atoms with Crippen molar-refractivity contribution in [2.24, 2.45) is 0 Å². The number of hydrogen-bond acceptors (Lipinski definition) is 3. The van der Waals surface area contributed by atoms with E-state index < -0.39 is 6.43 Å². The van der Waals surface area contributed by atoms with E-state index in [1.807, 2.05) is 6.20 Å². The first-order valence-corrected chi connectivity index (χ1v) is 7.06. The second kappa shape index (κ2) is 6.73. The highest BCUT2D eigenvalue weighted by atomic mass is 32.1. The van der Waals surface area contributed by atoms with Gasteiger partial charge in [0.2, 0.25) is 0 Å². The zero-order valence-corrected chi connectivity index (χ0v) is 11.5. The minimum Gasteiger partial charge on any atom is -0.312 e. The maximum Gasteiger partial charge on any atom is 0.263 e. The molecule has 0 saturated heterocycles. The Balaban J connectivity index is 2.05. The molecular formula is C14H16F2N2S. The summed E-state index contributed by atoms with van der Waals surface area (Å²) in [6.07, 6.45) is 0.518. The van der Waals surface area contributed by atoms with E-state index in [9.17, 15) is 8.78 Å². The molecule has 1 aromatic carbocycles. The molecule has 2 aromatic rings. The Hall–Kier alpha value is -1.33. The SMILES string of the molecule is CCCNCc1cnc(-c2ccc(C(F)F)cc2)s1. The Labute approximate surface area is 115 Å². The number of hydrogen-bond donors (Lipinski definition) is 1. The highest BCUT2D eigenvalue weighted by molar-refractivity contribution is 7.15. The molecule has 1 N–H and O–H groups in total. The molecule has 0 fully saturated rings. The number of thiazole rings is 1. The molecule has 0 aliphatic rings. The van der Waals surface area contributed by atoms with E-state index in [-0.39, 0.29) is 5.56 Å². The Morgan fingerprint density at radius 1 is 1.26 bits per heavy atom. The Morgan fingerprint density at radius 2 is 2.00 bits per heavy atom. The first kappa shape index (κ1) is 14.1. The molecule has 0 atom stereocenters. The lowest BCUT2D eigenvalue weighted by molar-refractivity contribution is 0.151. The lowest BCUT2D eigenvalue weighted by Crippen LogP contribution is -2.12. The summed E-state index contributed by atoms with van der Waals surface area (Å²) in [5, 5.41) is 4.18. The quantitative estimate of drug-likeness (QED) is 0.801. The molecule has 0 unspecified atom stereocenters. The minimum absolute atomic E-state index is 0.0464. The summed E-state index contributed by atoms with van der Waals surface area (Å²) >= 11 is 1.59. The molecule has 5 heteroatoms. The maximum absolute atomic E-state index is 12.5. The average Bonchev–Trinajstić information content (AvgIpc) is 2.88. The van der Waals surface area contributed by atoms with Gasteiger partial charge in [-0.25, -0.2) is 13.8 Å². The van der Waals surface area contributed by atoms with E-state index in [0.29, 0.717) is 0 Å². The van der Waals surface area contributed by atoms with Crippen LogP contribution in [-0.4, -0.2) is 11.5 Å². The fourth-order valence-corrected chi connectivity index (χ4v) is 2.57. The Bertz CT molecular complexity index is 508. The van der Waals surface area contributed by atoms with E-state index in [0.717, 1.165) is 35.0 Å². The lowest BCUT2D eigenvalue weighted by atomic mass is 10.1. The number of alkyl halides is 2. The van der Waals surface area contributed by atoms with Crippen LogP contribution in [0.2, 0.25) is 0 Å². The van der Waals surface area contributed by atoms with Crippen LogP contribution in [0, 0.1) is 0 Å². The monoisotopic (exact) mass is 282 g/mol. The van der Waals surface area contributed by atoms with E-state index in [4.69, 9.17) is 0 Å². The molecule has 0 radical (unpaired) electrons. The van der Waals surface area contributed by atoms with Gasteiger partial charge in [0.15, 0.2) is 0 Å². The van der Waals surface area contributed by atoms with Crippen molar-refractivity contribution in [3.8, 4) is 10.6 Å². The van der Waals surface area contributed by atoms with Crippen LogP contribution < -0.4 is 5.32 Å². The van der Waals surface area contributed by atoms with Gasteiger partial charge in [-0.05, 0) is 13.0 Å². The average molecular weight is 282 g/mol. The Morgan fingerprint density at radius 3 is 2.63 bits per heavy atom. The van der Waals surface area contributed by atoms with E-state index in [2.05, 4.69) is 17.2 Å². The summed E-state index contributed by atoms with van der Waals surface area (Å²) < 4.78 is 24.9. The second-order valence-corrected chi connectivity index (χ2v) is 5.35. The topological polar surface area (TPSA) is 24.9 Å². The van der Waals surface area contributed by atoms with Crippen molar-refractivity contribution in [3.63, 3.8) is 0 Å². The number of rotatable bonds is 6. The van der Waals surface area contributed by atoms with E-state index in [1.54, 1.807) is 23.5 Å². The zero-order chi connectivity index (χ0) is 13.7. The van der Waals surface area contributed by atoms with Crippen molar-refractivity contribution >= 4 is 11.3 Å². The van der Waals surface area contributed by atoms with Crippen molar-refractivity contribution < 1.29 is 8.78 Å². The number of aromatic nitrogens is 1. The molecule has 0 aliphatic carbocycles. The van der Waals surface area contributed by atoms with Gasteiger partial charge in [0.1, 0.15) is 5.01 Å². The van der Waals surface area contributed by atoms with Crippen LogP contribution in [0.5, 0.6) is 0 Å². The van der Waals surface area contributed by atoms with Gasteiger partial charge in [-0.3, -0.25) is 0 Å². The van der Waals surface area contributed by atoms with E-state index in [1.165, 1.54) is 12.1 Å². The van der Waals surface area contributed by atoms with Gasteiger partial charge in [0.25, 0.3) is 6.43 Å². The molecule has 0 spiro atoms. The summed E-state index contributed by atoms with van der Waals surface area (Å²) in [4.78, 5) is 5.48. The molecule has 0 bridgehead atoms. The van der Waals surface area contributed by atoms with Gasteiger partial charge in [-0.1, -0.05) is 31.2 Å². The van der Waals surface area contributed by atoms with Crippen molar-refractivity contribution in [1.29, 1.82) is 0 Å². The van der Waals surface area contributed by atoms with E-state index >= 15 is 0 Å². The van der Waals surface area contributed by atoms with Crippen LogP contribution in [0.1, 0.15) is 30.2 Å². The summed E-state index contributed by atoms with van der Waals surface area (Å²) in [5.41, 5.74) is 0.932. The molecule has 102 valence electrons. The van der Waals surface area contributed by atoms with Crippen LogP contribution >= 0.6 is 11.3 Å². The van der Waals surface area contributed by atoms with Gasteiger partial charge in [0.05, 0.1) is 0 Å². The highest BCUT2D eigenvalue weighted by Gasteiger charge is 2.08. The molecule has 2 nitrogen and oxygen atoms in total. The van der Waals surface area contributed by atoms with Crippen LogP contribution in [-0.2, 0) is 6.54 Å². The molecule has 0 amide bonds. The first-order valence-electron chi connectivity index (χ1n) is 6.24. The molecular weight excluding hydrogens is 266 g/mol. The molecule has 0 aliphatic heterocycles. The molecule has 2 rings (SSSR count). The third kappa shape index (κ3) is 3.81. The molecule has 1 aromatic heterocycles. The van der Waals surface area contributed by atoms with Gasteiger partial charge in [-0.15, -0.1) is 11.3 Å². The van der Waals surface area contributed by atoms with Crippen molar-refractivity contribution in [2.45, 2.75) is 26.3 Å². The van der Waals surface area contributed by atoms with Crippen molar-refractivity contribution in [3.05, 3.63) is 40.9 Å². The fraction of sp³-hybridized carbons (Fsp3) is 0.357. The largest absolute Gasteiger partial charge is 0.312 e. The third-order valence-electron chi connectivity index (χ3n) is 2.69.